The zero-order chi connectivity index (χ0) is 13.9. The molecule has 6 heteroatoms. The van der Waals surface area contributed by atoms with Gasteiger partial charge in [-0.2, -0.15) is 0 Å². The molecule has 2 rings (SSSR count). The first kappa shape index (κ1) is 13.7. The van der Waals surface area contributed by atoms with E-state index < -0.39 is 0 Å². The third-order valence-electron chi connectivity index (χ3n) is 4.14. The molecule has 0 radical (unpaired) electrons. The lowest BCUT2D eigenvalue weighted by Gasteiger charge is -2.38. The van der Waals surface area contributed by atoms with Crippen molar-refractivity contribution < 1.29 is 4.79 Å². The van der Waals surface area contributed by atoms with E-state index in [0.717, 1.165) is 32.4 Å². The Hall–Kier alpha value is -1.69. The number of carbonyl (C=O) groups is 1. The molecule has 1 fully saturated rings. The fourth-order valence-corrected chi connectivity index (χ4v) is 2.29. The van der Waals surface area contributed by atoms with Crippen LogP contribution in [0, 0.1) is 5.41 Å². The van der Waals surface area contributed by atoms with Gasteiger partial charge in [-0.15, -0.1) is 10.2 Å². The van der Waals surface area contributed by atoms with Crippen molar-refractivity contribution in [3.63, 3.8) is 0 Å². The molecular weight excluding hydrogens is 242 g/mol. The summed E-state index contributed by atoms with van der Waals surface area (Å²) in [5.74, 6) is 5.62. The topological polar surface area (TPSA) is 84.1 Å². The first-order chi connectivity index (χ1) is 9.08. The molecule has 1 aromatic rings. The van der Waals surface area contributed by atoms with Gasteiger partial charge in [0.1, 0.15) is 0 Å². The van der Waals surface area contributed by atoms with E-state index in [-0.39, 0.29) is 5.91 Å². The molecule has 3 N–H and O–H groups in total. The largest absolute Gasteiger partial charge is 0.337 e. The summed E-state index contributed by atoms with van der Waals surface area (Å²) in [6, 6.07) is 3.30. The maximum Gasteiger partial charge on any atom is 0.274 e. The van der Waals surface area contributed by atoms with Gasteiger partial charge in [0.25, 0.3) is 5.91 Å². The summed E-state index contributed by atoms with van der Waals surface area (Å²) >= 11 is 0. The van der Waals surface area contributed by atoms with Gasteiger partial charge in [-0.25, -0.2) is 5.84 Å². The lowest BCUT2D eigenvalue weighted by molar-refractivity contribution is 0.0593. The third kappa shape index (κ3) is 3.01. The van der Waals surface area contributed by atoms with Crippen molar-refractivity contribution in [1.29, 1.82) is 0 Å². The summed E-state index contributed by atoms with van der Waals surface area (Å²) in [7, 11) is 0. The maximum absolute atomic E-state index is 12.3. The molecule has 104 valence electrons. The summed E-state index contributed by atoms with van der Waals surface area (Å²) in [6.07, 6.45) is 3.25. The minimum absolute atomic E-state index is 0.0470. The molecule has 0 atom stereocenters. The Morgan fingerprint density at radius 1 is 1.42 bits per heavy atom. The number of hydrogen-bond acceptors (Lipinski definition) is 5. The Bertz CT molecular complexity index is 437. The van der Waals surface area contributed by atoms with Crippen LogP contribution in [0.2, 0.25) is 0 Å². The van der Waals surface area contributed by atoms with Gasteiger partial charge in [-0.3, -0.25) is 4.79 Å². The zero-order valence-electron chi connectivity index (χ0n) is 11.5. The molecule has 1 saturated heterocycles. The highest BCUT2D eigenvalue weighted by atomic mass is 16.2. The standard InChI is InChI=1S/C13H21N5O/c1-3-13(2)6-8-18(9-7-13)12(19)10-4-5-11(15-14)17-16-10/h4-5H,3,6-9,14H2,1-2H3,(H,15,17). The second-order valence-electron chi connectivity index (χ2n) is 5.40. The monoisotopic (exact) mass is 263 g/mol. The number of amides is 1. The van der Waals surface area contributed by atoms with Crippen molar-refractivity contribution >= 4 is 11.7 Å². The van der Waals surface area contributed by atoms with E-state index >= 15 is 0 Å². The fourth-order valence-electron chi connectivity index (χ4n) is 2.29. The van der Waals surface area contributed by atoms with Crippen LogP contribution in [0.5, 0.6) is 0 Å². The number of anilines is 1. The molecule has 1 amide bonds. The molecule has 19 heavy (non-hydrogen) atoms. The minimum Gasteiger partial charge on any atom is -0.337 e. The molecule has 1 aliphatic rings. The van der Waals surface area contributed by atoms with Gasteiger partial charge in [-0.1, -0.05) is 20.3 Å². The van der Waals surface area contributed by atoms with E-state index in [9.17, 15) is 4.79 Å². The van der Waals surface area contributed by atoms with Crippen molar-refractivity contribution in [2.24, 2.45) is 11.3 Å². The number of nitrogens with one attached hydrogen (secondary N) is 1. The number of nitrogens with zero attached hydrogens (tertiary/aromatic N) is 3. The molecule has 6 nitrogen and oxygen atoms in total. The van der Waals surface area contributed by atoms with Crippen LogP contribution in [0.25, 0.3) is 0 Å². The van der Waals surface area contributed by atoms with Crippen LogP contribution in [0.3, 0.4) is 0 Å². The average Bonchev–Trinajstić information content (AvgIpc) is 2.47. The molecule has 1 aliphatic heterocycles. The number of nitrogens with two attached hydrogens (primary N) is 1. The van der Waals surface area contributed by atoms with E-state index in [1.165, 1.54) is 0 Å². The van der Waals surface area contributed by atoms with Gasteiger partial charge in [0.2, 0.25) is 0 Å². The van der Waals surface area contributed by atoms with E-state index in [4.69, 9.17) is 5.84 Å². The van der Waals surface area contributed by atoms with Crippen molar-refractivity contribution in [1.82, 2.24) is 15.1 Å². The number of carbonyl (C=O) groups excluding carboxylic acids is 1. The Kier molecular flexibility index (Phi) is 3.99. The van der Waals surface area contributed by atoms with Gasteiger partial charge in [0, 0.05) is 13.1 Å². The van der Waals surface area contributed by atoms with E-state index in [1.54, 1.807) is 12.1 Å². The second kappa shape index (κ2) is 5.52. The normalized spacial score (nSPS) is 18.2. The SMILES string of the molecule is CCC1(C)CCN(C(=O)c2ccc(NN)nn2)CC1. The molecule has 0 spiro atoms. The lowest BCUT2D eigenvalue weighted by Crippen LogP contribution is -2.42. The van der Waals surface area contributed by atoms with Gasteiger partial charge < -0.3 is 10.3 Å². The van der Waals surface area contributed by atoms with Gasteiger partial charge in [0.05, 0.1) is 0 Å². The number of rotatable bonds is 3. The van der Waals surface area contributed by atoms with Crippen LogP contribution in [-0.2, 0) is 0 Å². The molecule has 0 aliphatic carbocycles. The number of likely N-dealkylation sites (tertiary alicyclic amines) is 1. The van der Waals surface area contributed by atoms with E-state index in [0.29, 0.717) is 16.9 Å². The van der Waals surface area contributed by atoms with E-state index in [2.05, 4.69) is 29.5 Å². The minimum atomic E-state index is -0.0470. The van der Waals surface area contributed by atoms with Crippen LogP contribution >= 0.6 is 0 Å². The zero-order valence-corrected chi connectivity index (χ0v) is 11.5. The quantitative estimate of drug-likeness (QED) is 0.636. The third-order valence-corrected chi connectivity index (χ3v) is 4.14. The summed E-state index contributed by atoms with van der Waals surface area (Å²) in [5, 5.41) is 7.72. The van der Waals surface area contributed by atoms with Crippen molar-refractivity contribution in [2.75, 3.05) is 18.5 Å². The fraction of sp³-hybridized carbons (Fsp3) is 0.615. The van der Waals surface area contributed by atoms with Crippen LogP contribution < -0.4 is 11.3 Å². The second-order valence-corrected chi connectivity index (χ2v) is 5.40. The summed E-state index contributed by atoms with van der Waals surface area (Å²) < 4.78 is 0. The molecule has 2 heterocycles. The molecule has 0 aromatic carbocycles. The first-order valence-corrected chi connectivity index (χ1v) is 6.67. The molecule has 0 saturated carbocycles. The number of nitrogen functional groups attached to an aromatic ring is 1. The van der Waals surface area contributed by atoms with Crippen LogP contribution in [0.4, 0.5) is 5.82 Å². The van der Waals surface area contributed by atoms with Crippen LogP contribution in [0.15, 0.2) is 12.1 Å². The van der Waals surface area contributed by atoms with Crippen molar-refractivity contribution in [3.05, 3.63) is 17.8 Å². The maximum atomic E-state index is 12.3. The number of aromatic nitrogens is 2. The van der Waals surface area contributed by atoms with Gasteiger partial charge >= 0.3 is 0 Å². The number of hydrogen-bond donors (Lipinski definition) is 2. The van der Waals surface area contributed by atoms with Crippen molar-refractivity contribution in [2.45, 2.75) is 33.1 Å². The molecule has 0 unspecified atom stereocenters. The van der Waals surface area contributed by atoms with Gasteiger partial charge in [-0.05, 0) is 30.4 Å². The Balaban J connectivity index is 2.00. The predicted octanol–water partition coefficient (Wildman–Crippen LogP) is 1.41. The lowest BCUT2D eigenvalue weighted by atomic mass is 9.78. The summed E-state index contributed by atoms with van der Waals surface area (Å²) in [4.78, 5) is 14.1. The van der Waals surface area contributed by atoms with E-state index in [1.807, 2.05) is 4.90 Å². The highest BCUT2D eigenvalue weighted by Gasteiger charge is 2.31. The smallest absolute Gasteiger partial charge is 0.274 e. The Morgan fingerprint density at radius 2 is 2.11 bits per heavy atom. The van der Waals surface area contributed by atoms with Crippen molar-refractivity contribution in [3.8, 4) is 0 Å². The molecule has 1 aromatic heterocycles. The Morgan fingerprint density at radius 3 is 2.58 bits per heavy atom. The highest BCUT2D eigenvalue weighted by molar-refractivity contribution is 5.92. The van der Waals surface area contributed by atoms with Crippen LogP contribution in [0.1, 0.15) is 43.6 Å². The average molecular weight is 263 g/mol. The number of piperidine rings is 1. The summed E-state index contributed by atoms with van der Waals surface area (Å²) in [5.41, 5.74) is 3.14. The molecular formula is C13H21N5O. The van der Waals surface area contributed by atoms with Gasteiger partial charge in [0.15, 0.2) is 11.5 Å². The predicted molar refractivity (Wildman–Crippen MR) is 73.4 cm³/mol. The highest BCUT2D eigenvalue weighted by Crippen LogP contribution is 2.34. The van der Waals surface area contributed by atoms with Crippen LogP contribution in [-0.4, -0.2) is 34.1 Å². The Labute approximate surface area is 113 Å². The summed E-state index contributed by atoms with van der Waals surface area (Å²) in [6.45, 7) is 6.08. The number of hydrazine groups is 1. The first-order valence-electron chi connectivity index (χ1n) is 6.67. The molecule has 0 bridgehead atoms.